The largest absolute Gasteiger partial charge is 0.328 e. The van der Waals surface area contributed by atoms with Crippen molar-refractivity contribution in [2.75, 3.05) is 0 Å². The zero-order chi connectivity index (χ0) is 24.2. The molecule has 182 valence electrons. The van der Waals surface area contributed by atoms with E-state index in [4.69, 9.17) is 4.98 Å². The Morgan fingerprint density at radius 3 is 2.66 bits per heavy atom. The van der Waals surface area contributed by atoms with Gasteiger partial charge < -0.3 is 0 Å². The second kappa shape index (κ2) is 10.4. The van der Waals surface area contributed by atoms with E-state index in [0.29, 0.717) is 24.3 Å². The summed E-state index contributed by atoms with van der Waals surface area (Å²) in [5, 5.41) is 14.3. The average molecular weight is 472 g/mol. The number of unbranched alkanes of at least 4 members (excludes halogenated alkanes) is 1. The molecule has 2 unspecified atom stereocenters. The molecule has 0 spiro atoms. The normalized spacial score (nSPS) is 17.8. The van der Waals surface area contributed by atoms with E-state index in [0.717, 1.165) is 60.2 Å². The van der Waals surface area contributed by atoms with E-state index in [1.807, 2.05) is 45.7 Å². The number of pyridine rings is 1. The second-order valence-corrected chi connectivity index (χ2v) is 9.51. The van der Waals surface area contributed by atoms with Gasteiger partial charge >= 0.3 is 5.69 Å². The van der Waals surface area contributed by atoms with Gasteiger partial charge in [0.2, 0.25) is 0 Å². The first kappa shape index (κ1) is 23.2. The van der Waals surface area contributed by atoms with Gasteiger partial charge in [0, 0.05) is 35.3 Å². The Kier molecular flexibility index (Phi) is 6.88. The van der Waals surface area contributed by atoms with Crippen LogP contribution in [0.4, 0.5) is 0 Å². The van der Waals surface area contributed by atoms with Crippen molar-refractivity contribution >= 4 is 0 Å². The minimum Gasteiger partial charge on any atom is -0.296 e. The Hall–Kier alpha value is -3.55. The number of tetrazole rings is 1. The Balaban J connectivity index is 1.43. The van der Waals surface area contributed by atoms with Crippen molar-refractivity contribution in [2.45, 2.75) is 71.4 Å². The molecule has 0 radical (unpaired) electrons. The number of rotatable bonds is 9. The Morgan fingerprint density at radius 1 is 1.09 bits per heavy atom. The fourth-order valence-corrected chi connectivity index (χ4v) is 5.42. The lowest BCUT2D eigenvalue weighted by atomic mass is 10.0. The van der Waals surface area contributed by atoms with Crippen LogP contribution >= 0.6 is 0 Å². The zero-order valence-electron chi connectivity index (χ0n) is 20.5. The first-order chi connectivity index (χ1) is 17.2. The van der Waals surface area contributed by atoms with Crippen LogP contribution in [0.1, 0.15) is 69.7 Å². The highest BCUT2D eigenvalue weighted by Crippen LogP contribution is 2.37. The fourth-order valence-electron chi connectivity index (χ4n) is 5.42. The highest BCUT2D eigenvalue weighted by Gasteiger charge is 2.29. The number of nitrogens with zero attached hydrogens (tertiary/aromatic N) is 6. The summed E-state index contributed by atoms with van der Waals surface area (Å²) in [6.07, 6.45) is 11.8. The number of hydrogen-bond donors (Lipinski definition) is 1. The third kappa shape index (κ3) is 4.70. The maximum absolute atomic E-state index is 13.6. The van der Waals surface area contributed by atoms with Gasteiger partial charge in [-0.15, -0.1) is 5.10 Å². The molecule has 1 fully saturated rings. The lowest BCUT2D eigenvalue weighted by molar-refractivity contribution is 0.360. The second-order valence-electron chi connectivity index (χ2n) is 9.51. The van der Waals surface area contributed by atoms with Crippen LogP contribution in [0.15, 0.2) is 53.6 Å². The van der Waals surface area contributed by atoms with E-state index < -0.39 is 0 Å². The summed E-state index contributed by atoms with van der Waals surface area (Å²) in [7, 11) is 0. The van der Waals surface area contributed by atoms with Gasteiger partial charge in [-0.2, -0.15) is 0 Å². The molecule has 1 aromatic carbocycles. The van der Waals surface area contributed by atoms with Crippen LogP contribution in [0, 0.1) is 5.92 Å². The van der Waals surface area contributed by atoms with Crippen molar-refractivity contribution < 1.29 is 0 Å². The van der Waals surface area contributed by atoms with Gasteiger partial charge in [0.1, 0.15) is 0 Å². The van der Waals surface area contributed by atoms with E-state index in [1.165, 1.54) is 12.8 Å². The van der Waals surface area contributed by atoms with E-state index in [9.17, 15) is 4.79 Å². The predicted octanol–water partition coefficient (Wildman–Crippen LogP) is 5.03. The average Bonchev–Trinajstić information content (AvgIpc) is 3.65. The Bertz CT molecular complexity index is 1300. The maximum atomic E-state index is 13.6. The summed E-state index contributed by atoms with van der Waals surface area (Å²) < 4.78 is 4.00. The predicted molar refractivity (Wildman–Crippen MR) is 136 cm³/mol. The minimum absolute atomic E-state index is 0.119. The molecular formula is C27H33N7O. The number of aromatic amines is 1. The molecule has 1 saturated carbocycles. The fraction of sp³-hybridized carbons (Fsp3) is 0.444. The maximum Gasteiger partial charge on any atom is 0.328 e. The zero-order valence-corrected chi connectivity index (χ0v) is 20.5. The smallest absolute Gasteiger partial charge is 0.296 e. The first-order valence-electron chi connectivity index (χ1n) is 12.8. The molecule has 1 aliphatic rings. The molecule has 8 heteroatoms. The molecule has 0 amide bonds. The molecule has 0 bridgehead atoms. The topological polar surface area (TPSA) is 94.3 Å². The summed E-state index contributed by atoms with van der Waals surface area (Å²) in [6.45, 7) is 4.97. The SMILES string of the molecule is CCCCc1cn(C2CCCC2CC)c(=O)n1Cc1ccc(-c2ccccc2-c2nnn[nH]2)nc1. The highest BCUT2D eigenvalue weighted by molar-refractivity contribution is 5.78. The molecule has 1 N–H and O–H groups in total. The molecule has 0 saturated heterocycles. The third-order valence-corrected chi connectivity index (χ3v) is 7.34. The van der Waals surface area contributed by atoms with Gasteiger partial charge in [0.25, 0.3) is 0 Å². The number of imidazole rings is 1. The van der Waals surface area contributed by atoms with Crippen molar-refractivity contribution in [3.63, 3.8) is 0 Å². The van der Waals surface area contributed by atoms with Crippen LogP contribution in [-0.2, 0) is 13.0 Å². The van der Waals surface area contributed by atoms with Crippen molar-refractivity contribution in [3.05, 3.63) is 70.5 Å². The van der Waals surface area contributed by atoms with Crippen LogP contribution in [0.25, 0.3) is 22.6 Å². The molecule has 5 rings (SSSR count). The van der Waals surface area contributed by atoms with Crippen LogP contribution in [0.3, 0.4) is 0 Å². The van der Waals surface area contributed by atoms with E-state index in [-0.39, 0.29) is 5.69 Å². The molecule has 1 aliphatic carbocycles. The van der Waals surface area contributed by atoms with Gasteiger partial charge in [-0.1, -0.05) is 63.4 Å². The monoisotopic (exact) mass is 471 g/mol. The molecule has 4 aromatic rings. The molecule has 3 heterocycles. The van der Waals surface area contributed by atoms with E-state index in [2.05, 4.69) is 46.7 Å². The van der Waals surface area contributed by atoms with Crippen molar-refractivity contribution in [1.29, 1.82) is 0 Å². The number of aryl methyl sites for hydroxylation is 1. The van der Waals surface area contributed by atoms with Crippen molar-refractivity contribution in [3.8, 4) is 22.6 Å². The summed E-state index contributed by atoms with van der Waals surface area (Å²) >= 11 is 0. The van der Waals surface area contributed by atoms with Crippen LogP contribution in [0.2, 0.25) is 0 Å². The quantitative estimate of drug-likeness (QED) is 0.369. The summed E-state index contributed by atoms with van der Waals surface area (Å²) in [5.74, 6) is 1.21. The molecule has 2 atom stereocenters. The standard InChI is InChI=1S/C27H33N7O/c1-3-5-10-21-18-34(25-13-8-9-20(25)4-2)27(35)33(21)17-19-14-15-24(28-16-19)22-11-6-7-12-23(22)26-29-31-32-30-26/h6-7,11-12,14-16,18,20,25H,3-5,8-10,13,17H2,1-2H3,(H,29,30,31,32). The Labute approximate surface area is 205 Å². The molecule has 0 aliphatic heterocycles. The first-order valence-corrected chi connectivity index (χ1v) is 12.8. The van der Waals surface area contributed by atoms with Crippen molar-refractivity contribution in [2.24, 2.45) is 5.92 Å². The van der Waals surface area contributed by atoms with Crippen LogP contribution in [0.5, 0.6) is 0 Å². The molecule has 8 nitrogen and oxygen atoms in total. The van der Waals surface area contributed by atoms with E-state index >= 15 is 0 Å². The number of nitrogens with one attached hydrogen (secondary N) is 1. The van der Waals surface area contributed by atoms with Crippen LogP contribution in [-0.4, -0.2) is 34.7 Å². The van der Waals surface area contributed by atoms with Gasteiger partial charge in [-0.25, -0.2) is 9.89 Å². The number of H-pyrrole nitrogens is 1. The van der Waals surface area contributed by atoms with Gasteiger partial charge in [-0.3, -0.25) is 14.1 Å². The molecule has 35 heavy (non-hydrogen) atoms. The number of aromatic nitrogens is 7. The molecule has 3 aromatic heterocycles. The van der Waals surface area contributed by atoms with Gasteiger partial charge in [-0.05, 0) is 53.7 Å². The van der Waals surface area contributed by atoms with Gasteiger partial charge in [0.05, 0.1) is 12.2 Å². The minimum atomic E-state index is 0.119. The lowest BCUT2D eigenvalue weighted by Gasteiger charge is -2.18. The summed E-state index contributed by atoms with van der Waals surface area (Å²) in [5.41, 5.74) is 4.96. The van der Waals surface area contributed by atoms with Gasteiger partial charge in [0.15, 0.2) is 5.82 Å². The summed E-state index contributed by atoms with van der Waals surface area (Å²) in [4.78, 5) is 18.3. The lowest BCUT2D eigenvalue weighted by Crippen LogP contribution is -2.29. The third-order valence-electron chi connectivity index (χ3n) is 7.34. The number of benzene rings is 1. The number of hydrogen-bond acceptors (Lipinski definition) is 5. The van der Waals surface area contributed by atoms with Crippen molar-refractivity contribution in [1.82, 2.24) is 34.7 Å². The van der Waals surface area contributed by atoms with E-state index in [1.54, 1.807) is 0 Å². The summed E-state index contributed by atoms with van der Waals surface area (Å²) in [6, 6.07) is 12.3. The van der Waals surface area contributed by atoms with Crippen LogP contribution < -0.4 is 5.69 Å². The Morgan fingerprint density at radius 2 is 1.94 bits per heavy atom. The highest BCUT2D eigenvalue weighted by atomic mass is 16.1. The molecular weight excluding hydrogens is 438 g/mol.